The van der Waals surface area contributed by atoms with E-state index in [1.54, 1.807) is 0 Å². The Balaban J connectivity index is 1.93. The van der Waals surface area contributed by atoms with Crippen LogP contribution in [0.4, 0.5) is 8.78 Å². The number of hydrogen-bond donors (Lipinski definition) is 0. The number of nitrogens with zero attached hydrogens (tertiary/aromatic N) is 1. The zero-order valence-corrected chi connectivity index (χ0v) is 10.3. The first kappa shape index (κ1) is 13.1. The van der Waals surface area contributed by atoms with Crippen LogP contribution < -0.4 is 0 Å². The van der Waals surface area contributed by atoms with E-state index in [9.17, 15) is 13.6 Å². The second-order valence-electron chi connectivity index (χ2n) is 4.68. The molecule has 0 amide bonds. The molecule has 0 aliphatic carbocycles. The molecule has 1 aliphatic heterocycles. The van der Waals surface area contributed by atoms with Crippen molar-refractivity contribution in [3.63, 3.8) is 0 Å². The van der Waals surface area contributed by atoms with Crippen molar-refractivity contribution in [1.82, 2.24) is 4.90 Å². The van der Waals surface area contributed by atoms with Crippen LogP contribution in [0.5, 0.6) is 0 Å². The lowest BCUT2D eigenvalue weighted by molar-refractivity contribution is 0.0953. The Bertz CT molecular complexity index is 428. The number of benzene rings is 1. The minimum Gasteiger partial charge on any atom is -0.303 e. The Hall–Kier alpha value is -1.29. The number of piperidine rings is 1. The highest BCUT2D eigenvalue weighted by atomic mass is 19.2. The number of hydrogen-bond acceptors (Lipinski definition) is 2. The van der Waals surface area contributed by atoms with Crippen molar-refractivity contribution in [1.29, 1.82) is 0 Å². The highest BCUT2D eigenvalue weighted by Gasteiger charge is 2.17. The van der Waals surface area contributed by atoms with Crippen LogP contribution >= 0.6 is 0 Å². The lowest BCUT2D eigenvalue weighted by atomic mass is 10.1. The molecule has 0 bridgehead atoms. The van der Waals surface area contributed by atoms with Gasteiger partial charge < -0.3 is 4.90 Å². The van der Waals surface area contributed by atoms with Gasteiger partial charge in [-0.25, -0.2) is 8.78 Å². The fourth-order valence-corrected chi connectivity index (χ4v) is 2.30. The summed E-state index contributed by atoms with van der Waals surface area (Å²) in [5.74, 6) is -2.31. The number of likely N-dealkylation sites (tertiary alicyclic amines) is 1. The molecule has 0 radical (unpaired) electrons. The van der Waals surface area contributed by atoms with Gasteiger partial charge in [0.2, 0.25) is 0 Å². The van der Waals surface area contributed by atoms with Gasteiger partial charge in [0, 0.05) is 13.0 Å². The summed E-state index contributed by atoms with van der Waals surface area (Å²) in [6.45, 7) is 2.63. The van der Waals surface area contributed by atoms with Gasteiger partial charge in [0.1, 0.15) is 0 Å². The van der Waals surface area contributed by atoms with Crippen LogP contribution in [0.3, 0.4) is 0 Å². The third-order valence-corrected chi connectivity index (χ3v) is 3.36. The molecule has 0 atom stereocenters. The highest BCUT2D eigenvalue weighted by Crippen LogP contribution is 2.15. The molecular weight excluding hydrogens is 236 g/mol. The molecule has 0 aromatic heterocycles. The molecule has 18 heavy (non-hydrogen) atoms. The summed E-state index contributed by atoms with van der Waals surface area (Å²) in [5, 5.41) is 0. The smallest absolute Gasteiger partial charge is 0.169 e. The number of carbonyl (C=O) groups is 1. The first-order valence-electron chi connectivity index (χ1n) is 6.38. The molecule has 0 saturated carbocycles. The summed E-state index contributed by atoms with van der Waals surface area (Å²) in [7, 11) is 0. The molecular formula is C14H17F2NO. The standard InChI is InChI=1S/C14H17F2NO/c15-12-6-4-5-11(14(12)16)13(18)7-10-17-8-2-1-3-9-17/h4-6H,1-3,7-10H2. The summed E-state index contributed by atoms with van der Waals surface area (Å²) in [5.41, 5.74) is -0.132. The second-order valence-corrected chi connectivity index (χ2v) is 4.68. The molecule has 0 N–H and O–H groups in total. The van der Waals surface area contributed by atoms with Crippen LogP contribution in [-0.4, -0.2) is 30.3 Å². The average molecular weight is 253 g/mol. The van der Waals surface area contributed by atoms with Crippen molar-refractivity contribution >= 4 is 5.78 Å². The monoisotopic (exact) mass is 253 g/mol. The van der Waals surface area contributed by atoms with Crippen LogP contribution in [0.15, 0.2) is 18.2 Å². The number of rotatable bonds is 4. The maximum absolute atomic E-state index is 13.4. The Kier molecular flexibility index (Phi) is 4.42. The van der Waals surface area contributed by atoms with Crippen molar-refractivity contribution in [3.05, 3.63) is 35.4 Å². The van der Waals surface area contributed by atoms with Gasteiger partial charge in [-0.05, 0) is 38.1 Å². The SMILES string of the molecule is O=C(CCN1CCCCC1)c1cccc(F)c1F. The van der Waals surface area contributed by atoms with Crippen molar-refractivity contribution in [2.75, 3.05) is 19.6 Å². The molecule has 0 spiro atoms. The molecule has 1 aliphatic rings. The summed E-state index contributed by atoms with van der Waals surface area (Å²) in [4.78, 5) is 14.0. The third kappa shape index (κ3) is 3.13. The van der Waals surface area contributed by atoms with E-state index in [2.05, 4.69) is 4.90 Å². The van der Waals surface area contributed by atoms with E-state index in [4.69, 9.17) is 0 Å². The molecule has 0 unspecified atom stereocenters. The van der Waals surface area contributed by atoms with Crippen molar-refractivity contribution < 1.29 is 13.6 Å². The van der Waals surface area contributed by atoms with Gasteiger partial charge in [0.25, 0.3) is 0 Å². The van der Waals surface area contributed by atoms with Crippen molar-refractivity contribution in [3.8, 4) is 0 Å². The molecule has 1 fully saturated rings. The van der Waals surface area contributed by atoms with E-state index in [-0.39, 0.29) is 17.8 Å². The Morgan fingerprint density at radius 1 is 1.17 bits per heavy atom. The lowest BCUT2D eigenvalue weighted by Crippen LogP contribution is -2.31. The van der Waals surface area contributed by atoms with Crippen LogP contribution in [0, 0.1) is 11.6 Å². The minimum atomic E-state index is -1.03. The first-order valence-corrected chi connectivity index (χ1v) is 6.38. The molecule has 1 aromatic rings. The molecule has 4 heteroatoms. The average Bonchev–Trinajstić information content (AvgIpc) is 2.40. The Morgan fingerprint density at radius 3 is 2.61 bits per heavy atom. The summed E-state index contributed by atoms with van der Waals surface area (Å²) in [6, 6.07) is 3.74. The van der Waals surface area contributed by atoms with E-state index < -0.39 is 11.6 Å². The number of carbonyl (C=O) groups excluding carboxylic acids is 1. The second kappa shape index (κ2) is 6.05. The summed E-state index contributed by atoms with van der Waals surface area (Å²) >= 11 is 0. The fourth-order valence-electron chi connectivity index (χ4n) is 2.30. The zero-order chi connectivity index (χ0) is 13.0. The number of halogens is 2. The van der Waals surface area contributed by atoms with E-state index >= 15 is 0 Å². The summed E-state index contributed by atoms with van der Waals surface area (Å²) < 4.78 is 26.4. The van der Waals surface area contributed by atoms with E-state index in [1.165, 1.54) is 18.6 Å². The van der Waals surface area contributed by atoms with E-state index in [0.717, 1.165) is 32.0 Å². The first-order chi connectivity index (χ1) is 8.68. The highest BCUT2D eigenvalue weighted by molar-refractivity contribution is 5.96. The topological polar surface area (TPSA) is 20.3 Å². The zero-order valence-electron chi connectivity index (χ0n) is 10.3. The van der Waals surface area contributed by atoms with Gasteiger partial charge in [-0.15, -0.1) is 0 Å². The molecule has 1 aromatic carbocycles. The van der Waals surface area contributed by atoms with E-state index in [1.807, 2.05) is 0 Å². The fraction of sp³-hybridized carbons (Fsp3) is 0.500. The summed E-state index contributed by atoms with van der Waals surface area (Å²) in [6.07, 6.45) is 3.80. The molecule has 2 rings (SSSR count). The van der Waals surface area contributed by atoms with E-state index in [0.29, 0.717) is 6.54 Å². The van der Waals surface area contributed by atoms with Crippen LogP contribution in [0.1, 0.15) is 36.0 Å². The Morgan fingerprint density at radius 2 is 1.89 bits per heavy atom. The number of Topliss-reactive ketones (excluding diaryl/α,β-unsaturated/α-hetero) is 1. The van der Waals surface area contributed by atoms with Gasteiger partial charge in [-0.1, -0.05) is 12.5 Å². The number of ketones is 1. The lowest BCUT2D eigenvalue weighted by Gasteiger charge is -2.25. The third-order valence-electron chi connectivity index (χ3n) is 3.36. The maximum Gasteiger partial charge on any atom is 0.169 e. The van der Waals surface area contributed by atoms with Gasteiger partial charge >= 0.3 is 0 Å². The molecule has 98 valence electrons. The van der Waals surface area contributed by atoms with Crippen LogP contribution in [-0.2, 0) is 0 Å². The predicted octanol–water partition coefficient (Wildman–Crippen LogP) is 3.02. The molecule has 1 heterocycles. The van der Waals surface area contributed by atoms with Crippen LogP contribution in [0.25, 0.3) is 0 Å². The van der Waals surface area contributed by atoms with Gasteiger partial charge in [-0.2, -0.15) is 0 Å². The largest absolute Gasteiger partial charge is 0.303 e. The maximum atomic E-state index is 13.4. The Labute approximate surface area is 106 Å². The quantitative estimate of drug-likeness (QED) is 0.769. The predicted molar refractivity (Wildman–Crippen MR) is 65.6 cm³/mol. The van der Waals surface area contributed by atoms with Crippen LogP contribution in [0.2, 0.25) is 0 Å². The minimum absolute atomic E-state index is 0.132. The molecule has 1 saturated heterocycles. The molecule has 2 nitrogen and oxygen atoms in total. The van der Waals surface area contributed by atoms with Gasteiger partial charge in [0.05, 0.1) is 5.56 Å². The van der Waals surface area contributed by atoms with Crippen molar-refractivity contribution in [2.24, 2.45) is 0 Å². The van der Waals surface area contributed by atoms with Crippen molar-refractivity contribution in [2.45, 2.75) is 25.7 Å². The van der Waals surface area contributed by atoms with Gasteiger partial charge in [0.15, 0.2) is 17.4 Å². The van der Waals surface area contributed by atoms with Gasteiger partial charge in [-0.3, -0.25) is 4.79 Å². The normalized spacial score (nSPS) is 16.8.